The Bertz CT molecular complexity index is 651. The molecule has 0 aliphatic carbocycles. The molecule has 2 heterocycles. The third-order valence-electron chi connectivity index (χ3n) is 2.45. The molecule has 6 heteroatoms. The second-order valence-electron chi connectivity index (χ2n) is 5.49. The van der Waals surface area contributed by atoms with Crippen LogP contribution in [0.3, 0.4) is 0 Å². The van der Waals surface area contributed by atoms with Gasteiger partial charge in [0.05, 0.1) is 6.26 Å². The highest BCUT2D eigenvalue weighted by Gasteiger charge is 2.15. The van der Waals surface area contributed by atoms with Crippen LogP contribution in [0.2, 0.25) is 0 Å². The van der Waals surface area contributed by atoms with Gasteiger partial charge in [0.15, 0.2) is 5.76 Å². The Kier molecular flexibility index (Phi) is 3.74. The lowest BCUT2D eigenvalue weighted by Crippen LogP contribution is -2.43. The van der Waals surface area contributed by atoms with Gasteiger partial charge < -0.3 is 9.73 Å². The van der Waals surface area contributed by atoms with Crippen LogP contribution in [-0.4, -0.2) is 21.2 Å². The Balaban J connectivity index is 2.22. The van der Waals surface area contributed by atoms with Crippen molar-refractivity contribution in [3.8, 4) is 11.5 Å². The van der Waals surface area contributed by atoms with Gasteiger partial charge in [0, 0.05) is 11.6 Å². The van der Waals surface area contributed by atoms with Gasteiger partial charge in [0.2, 0.25) is 5.91 Å². The first kappa shape index (κ1) is 14.0. The minimum atomic E-state index is -0.348. The van der Waals surface area contributed by atoms with Crippen molar-refractivity contribution in [3.05, 3.63) is 40.9 Å². The second kappa shape index (κ2) is 5.32. The summed E-state index contributed by atoms with van der Waals surface area (Å²) in [7, 11) is 0. The van der Waals surface area contributed by atoms with Crippen LogP contribution in [0.15, 0.2) is 39.7 Å². The summed E-state index contributed by atoms with van der Waals surface area (Å²) in [5, 5.41) is 6.92. The van der Waals surface area contributed by atoms with Gasteiger partial charge in [-0.3, -0.25) is 9.59 Å². The van der Waals surface area contributed by atoms with Crippen LogP contribution in [0.1, 0.15) is 20.8 Å². The first-order valence-electron chi connectivity index (χ1n) is 6.28. The molecule has 6 nitrogen and oxygen atoms in total. The summed E-state index contributed by atoms with van der Waals surface area (Å²) in [6.45, 7) is 5.51. The van der Waals surface area contributed by atoms with E-state index in [0.29, 0.717) is 11.5 Å². The zero-order valence-corrected chi connectivity index (χ0v) is 11.7. The maximum atomic E-state index is 11.8. The van der Waals surface area contributed by atoms with E-state index in [2.05, 4.69) is 10.4 Å². The van der Waals surface area contributed by atoms with Gasteiger partial charge in [-0.2, -0.15) is 5.10 Å². The third kappa shape index (κ3) is 3.57. The van der Waals surface area contributed by atoms with Crippen LogP contribution in [0.5, 0.6) is 0 Å². The van der Waals surface area contributed by atoms with Gasteiger partial charge in [0.1, 0.15) is 12.2 Å². The van der Waals surface area contributed by atoms with E-state index >= 15 is 0 Å². The Morgan fingerprint density at radius 1 is 1.35 bits per heavy atom. The molecule has 0 saturated heterocycles. The summed E-state index contributed by atoms with van der Waals surface area (Å²) in [4.78, 5) is 23.6. The molecule has 2 aromatic rings. The van der Waals surface area contributed by atoms with Gasteiger partial charge in [-0.25, -0.2) is 4.68 Å². The molecule has 20 heavy (non-hydrogen) atoms. The molecule has 0 aromatic carbocycles. The average Bonchev–Trinajstić information content (AvgIpc) is 2.83. The molecule has 0 bridgehead atoms. The predicted molar refractivity (Wildman–Crippen MR) is 74.1 cm³/mol. The van der Waals surface area contributed by atoms with Crippen molar-refractivity contribution in [2.24, 2.45) is 0 Å². The summed E-state index contributed by atoms with van der Waals surface area (Å²) >= 11 is 0. The van der Waals surface area contributed by atoms with Crippen molar-refractivity contribution < 1.29 is 9.21 Å². The normalized spacial score (nSPS) is 11.3. The number of nitrogens with one attached hydrogen (secondary N) is 1. The van der Waals surface area contributed by atoms with Gasteiger partial charge in [-0.15, -0.1) is 0 Å². The molecule has 1 amide bonds. The fourth-order valence-corrected chi connectivity index (χ4v) is 1.71. The standard InChI is InChI=1S/C14H17N3O3/c1-14(2,3)15-12(18)9-17-13(19)7-6-10(16-17)11-5-4-8-20-11/h4-8H,9H2,1-3H3,(H,15,18). The van der Waals surface area contributed by atoms with E-state index in [1.165, 1.54) is 12.3 Å². The monoisotopic (exact) mass is 275 g/mol. The summed E-state index contributed by atoms with van der Waals surface area (Å²) in [5.41, 5.74) is -0.165. The molecule has 2 aromatic heterocycles. The molecule has 0 spiro atoms. The molecule has 0 atom stereocenters. The average molecular weight is 275 g/mol. The first-order chi connectivity index (χ1) is 9.35. The van der Waals surface area contributed by atoms with Crippen LogP contribution in [0.4, 0.5) is 0 Å². The number of aromatic nitrogens is 2. The van der Waals surface area contributed by atoms with Crippen molar-refractivity contribution >= 4 is 5.91 Å². The van der Waals surface area contributed by atoms with E-state index in [0.717, 1.165) is 4.68 Å². The van der Waals surface area contributed by atoms with E-state index in [9.17, 15) is 9.59 Å². The molecule has 2 rings (SSSR count). The molecule has 0 aliphatic rings. The highest BCUT2D eigenvalue weighted by molar-refractivity contribution is 5.76. The van der Waals surface area contributed by atoms with E-state index in [1.807, 2.05) is 20.8 Å². The van der Waals surface area contributed by atoms with Crippen molar-refractivity contribution in [1.82, 2.24) is 15.1 Å². The van der Waals surface area contributed by atoms with Crippen LogP contribution >= 0.6 is 0 Å². The van der Waals surface area contributed by atoms with Crippen molar-refractivity contribution in [2.45, 2.75) is 32.9 Å². The zero-order chi connectivity index (χ0) is 14.8. The van der Waals surface area contributed by atoms with Gasteiger partial charge in [-0.1, -0.05) is 0 Å². The van der Waals surface area contributed by atoms with Gasteiger partial charge in [0.25, 0.3) is 5.56 Å². The fraction of sp³-hybridized carbons (Fsp3) is 0.357. The molecule has 106 valence electrons. The Morgan fingerprint density at radius 3 is 2.70 bits per heavy atom. The van der Waals surface area contributed by atoms with E-state index < -0.39 is 0 Å². The summed E-state index contributed by atoms with van der Waals surface area (Å²) < 4.78 is 6.35. The van der Waals surface area contributed by atoms with Crippen molar-refractivity contribution in [1.29, 1.82) is 0 Å². The molecule has 1 N–H and O–H groups in total. The maximum Gasteiger partial charge on any atom is 0.267 e. The number of rotatable bonds is 3. The number of hydrogen-bond acceptors (Lipinski definition) is 4. The van der Waals surface area contributed by atoms with Gasteiger partial charge in [-0.05, 0) is 39.0 Å². The lowest BCUT2D eigenvalue weighted by molar-refractivity contribution is -0.123. The highest BCUT2D eigenvalue weighted by Crippen LogP contribution is 2.14. The van der Waals surface area contributed by atoms with Gasteiger partial charge >= 0.3 is 0 Å². The number of hydrogen-bond donors (Lipinski definition) is 1. The third-order valence-corrected chi connectivity index (χ3v) is 2.45. The maximum absolute atomic E-state index is 11.8. The highest BCUT2D eigenvalue weighted by atomic mass is 16.3. The molecular formula is C14H17N3O3. The summed E-state index contributed by atoms with van der Waals surface area (Å²) in [5.74, 6) is 0.290. The largest absolute Gasteiger partial charge is 0.463 e. The molecule has 0 radical (unpaired) electrons. The minimum Gasteiger partial charge on any atom is -0.463 e. The molecular weight excluding hydrogens is 258 g/mol. The fourth-order valence-electron chi connectivity index (χ4n) is 1.71. The Hall–Kier alpha value is -2.37. The molecule has 0 fully saturated rings. The SMILES string of the molecule is CC(C)(C)NC(=O)Cn1nc(-c2ccco2)ccc1=O. The van der Waals surface area contributed by atoms with Crippen LogP contribution < -0.4 is 10.9 Å². The number of furan rings is 1. The van der Waals surface area contributed by atoms with Crippen LogP contribution in [0.25, 0.3) is 11.5 Å². The number of amides is 1. The van der Waals surface area contributed by atoms with Crippen molar-refractivity contribution in [3.63, 3.8) is 0 Å². The van der Waals surface area contributed by atoms with Crippen molar-refractivity contribution in [2.75, 3.05) is 0 Å². The lowest BCUT2D eigenvalue weighted by atomic mass is 10.1. The number of carbonyl (C=O) groups is 1. The number of nitrogens with zero attached hydrogens (tertiary/aromatic N) is 2. The summed E-state index contributed by atoms with van der Waals surface area (Å²) in [6, 6.07) is 6.42. The molecule has 0 saturated carbocycles. The Labute approximate surface area is 116 Å². The Morgan fingerprint density at radius 2 is 2.10 bits per heavy atom. The number of carbonyl (C=O) groups excluding carboxylic acids is 1. The quantitative estimate of drug-likeness (QED) is 0.919. The first-order valence-corrected chi connectivity index (χ1v) is 6.28. The predicted octanol–water partition coefficient (Wildman–Crippen LogP) is 1.42. The minimum absolute atomic E-state index is 0.120. The second-order valence-corrected chi connectivity index (χ2v) is 5.49. The topological polar surface area (TPSA) is 77.1 Å². The van der Waals surface area contributed by atoms with E-state index in [-0.39, 0.29) is 23.6 Å². The smallest absolute Gasteiger partial charge is 0.267 e. The lowest BCUT2D eigenvalue weighted by Gasteiger charge is -2.20. The summed E-state index contributed by atoms with van der Waals surface area (Å²) in [6.07, 6.45) is 1.53. The zero-order valence-electron chi connectivity index (χ0n) is 11.7. The molecule has 0 aliphatic heterocycles. The van der Waals surface area contributed by atoms with Crippen LogP contribution in [-0.2, 0) is 11.3 Å². The van der Waals surface area contributed by atoms with E-state index in [4.69, 9.17) is 4.42 Å². The molecule has 0 unspecified atom stereocenters. The van der Waals surface area contributed by atoms with E-state index in [1.54, 1.807) is 18.2 Å². The van der Waals surface area contributed by atoms with Crippen LogP contribution in [0, 0.1) is 0 Å².